The zero-order valence-corrected chi connectivity index (χ0v) is 18.2. The van der Waals surface area contributed by atoms with E-state index in [1.807, 2.05) is 38.2 Å². The maximum Gasteiger partial charge on any atom is 0.306 e. The molecule has 0 heterocycles. The smallest absolute Gasteiger partial charge is 0.306 e. The first-order valence-electron chi connectivity index (χ1n) is 10.1. The van der Waals surface area contributed by atoms with Crippen LogP contribution in [0.1, 0.15) is 47.5 Å². The van der Waals surface area contributed by atoms with Crippen molar-refractivity contribution >= 4 is 5.97 Å². The number of halogens is 1. The monoisotopic (exact) mass is 400 g/mol. The lowest BCUT2D eigenvalue weighted by Crippen LogP contribution is -2.21. The normalized spacial score (nSPS) is 13.7. The van der Waals surface area contributed by atoms with E-state index in [1.54, 1.807) is 12.1 Å². The van der Waals surface area contributed by atoms with E-state index in [0.29, 0.717) is 25.4 Å². The molecule has 29 heavy (non-hydrogen) atoms. The van der Waals surface area contributed by atoms with Crippen molar-refractivity contribution in [3.8, 4) is 17.6 Å². The van der Waals surface area contributed by atoms with Gasteiger partial charge in [-0.1, -0.05) is 57.8 Å². The van der Waals surface area contributed by atoms with Crippen LogP contribution < -0.4 is 4.74 Å². The SMILES string of the molecule is CCOC(=O)CC(C)(C)C[C@H](C)C#C/C=C/C=C/[C@H](C)COc1ccc(F)cc1. The van der Waals surface area contributed by atoms with Gasteiger partial charge in [-0.3, -0.25) is 4.79 Å². The van der Waals surface area contributed by atoms with Gasteiger partial charge in [0, 0.05) is 11.8 Å². The Kier molecular flexibility index (Phi) is 10.8. The lowest BCUT2D eigenvalue weighted by Gasteiger charge is -2.24. The van der Waals surface area contributed by atoms with Gasteiger partial charge in [0.25, 0.3) is 0 Å². The summed E-state index contributed by atoms with van der Waals surface area (Å²) in [6.45, 7) is 11.0. The number of allylic oxidation sites excluding steroid dienone is 3. The summed E-state index contributed by atoms with van der Waals surface area (Å²) in [5.41, 5.74) is -0.135. The molecular formula is C25H33FO3. The van der Waals surface area contributed by atoms with Gasteiger partial charge in [0.15, 0.2) is 0 Å². The highest BCUT2D eigenvalue weighted by molar-refractivity contribution is 5.70. The van der Waals surface area contributed by atoms with Crippen molar-refractivity contribution in [2.45, 2.75) is 47.5 Å². The second kappa shape index (κ2) is 12.8. The number of benzene rings is 1. The minimum atomic E-state index is -0.270. The predicted molar refractivity (Wildman–Crippen MR) is 116 cm³/mol. The zero-order valence-electron chi connectivity index (χ0n) is 18.2. The Morgan fingerprint density at radius 1 is 1.21 bits per heavy atom. The van der Waals surface area contributed by atoms with Crippen LogP contribution in [0.5, 0.6) is 5.75 Å². The van der Waals surface area contributed by atoms with Gasteiger partial charge in [-0.05, 0) is 49.1 Å². The molecule has 0 saturated heterocycles. The van der Waals surface area contributed by atoms with Crippen LogP contribution in [0.15, 0.2) is 48.6 Å². The molecule has 3 nitrogen and oxygen atoms in total. The molecule has 0 spiro atoms. The van der Waals surface area contributed by atoms with Crippen LogP contribution in [0, 0.1) is 34.9 Å². The zero-order chi connectivity index (χ0) is 21.7. The molecule has 1 aromatic carbocycles. The first-order valence-corrected chi connectivity index (χ1v) is 10.1. The second-order valence-corrected chi connectivity index (χ2v) is 8.03. The van der Waals surface area contributed by atoms with Gasteiger partial charge in [-0.15, -0.1) is 0 Å². The molecule has 0 amide bonds. The Bertz CT molecular complexity index is 736. The standard InChI is InChI=1S/C25H33FO3/c1-6-28-24(27)18-25(4,5)17-20(2)11-9-7-8-10-12-21(3)19-29-23-15-13-22(26)14-16-23/h7-8,10,12-16,20-21H,6,17-19H2,1-5H3/b8-7+,12-10+/t20-,21+/m1/s1. The Balaban J connectivity index is 2.36. The second-order valence-electron chi connectivity index (χ2n) is 8.03. The number of ether oxygens (including phenoxy) is 2. The number of hydrogen-bond donors (Lipinski definition) is 0. The van der Waals surface area contributed by atoms with Crippen molar-refractivity contribution in [1.82, 2.24) is 0 Å². The lowest BCUT2D eigenvalue weighted by molar-refractivity contribution is -0.145. The van der Waals surface area contributed by atoms with Crippen LogP contribution in [0.3, 0.4) is 0 Å². The summed E-state index contributed by atoms with van der Waals surface area (Å²) in [6.07, 6.45) is 8.94. The van der Waals surface area contributed by atoms with Crippen LogP contribution in [-0.4, -0.2) is 19.2 Å². The van der Waals surface area contributed by atoms with Gasteiger partial charge < -0.3 is 9.47 Å². The Hall–Kier alpha value is -2.54. The van der Waals surface area contributed by atoms with Crippen LogP contribution in [0.4, 0.5) is 4.39 Å². The van der Waals surface area contributed by atoms with Crippen LogP contribution in [-0.2, 0) is 9.53 Å². The van der Waals surface area contributed by atoms with E-state index < -0.39 is 0 Å². The van der Waals surface area contributed by atoms with Gasteiger partial charge in [-0.25, -0.2) is 4.39 Å². The Labute approximate surface area is 175 Å². The van der Waals surface area contributed by atoms with Crippen molar-refractivity contribution in [3.63, 3.8) is 0 Å². The third-order valence-corrected chi connectivity index (χ3v) is 4.17. The summed E-state index contributed by atoms with van der Waals surface area (Å²) in [5.74, 6) is 6.91. The first kappa shape index (κ1) is 24.5. The molecule has 0 aliphatic heterocycles. The molecular weight excluding hydrogens is 367 g/mol. The maximum absolute atomic E-state index is 12.9. The first-order chi connectivity index (χ1) is 13.7. The average Bonchev–Trinajstić information content (AvgIpc) is 2.63. The molecule has 0 aromatic heterocycles. The van der Waals surface area contributed by atoms with Gasteiger partial charge >= 0.3 is 5.97 Å². The van der Waals surface area contributed by atoms with Crippen molar-refractivity contribution in [3.05, 3.63) is 54.4 Å². The minimum absolute atomic E-state index is 0.135. The van der Waals surface area contributed by atoms with Gasteiger partial charge in [0.1, 0.15) is 11.6 Å². The number of hydrogen-bond acceptors (Lipinski definition) is 3. The fourth-order valence-corrected chi connectivity index (χ4v) is 2.92. The third kappa shape index (κ3) is 11.8. The molecule has 0 unspecified atom stereocenters. The van der Waals surface area contributed by atoms with Gasteiger partial charge in [0.2, 0.25) is 0 Å². The predicted octanol–water partition coefficient (Wildman–Crippen LogP) is 5.96. The number of carbonyl (C=O) groups is 1. The number of rotatable bonds is 10. The average molecular weight is 401 g/mol. The molecule has 0 N–H and O–H groups in total. The summed E-state index contributed by atoms with van der Waals surface area (Å²) in [4.78, 5) is 11.7. The van der Waals surface area contributed by atoms with Crippen molar-refractivity contribution in [2.24, 2.45) is 17.3 Å². The van der Waals surface area contributed by atoms with E-state index in [-0.39, 0.29) is 29.0 Å². The van der Waals surface area contributed by atoms with E-state index in [0.717, 1.165) is 6.42 Å². The van der Waals surface area contributed by atoms with E-state index in [9.17, 15) is 9.18 Å². The van der Waals surface area contributed by atoms with Gasteiger partial charge in [-0.2, -0.15) is 0 Å². The molecule has 1 rings (SSSR count). The molecule has 1 aromatic rings. The number of carbonyl (C=O) groups excluding carboxylic acids is 1. The molecule has 2 atom stereocenters. The quantitative estimate of drug-likeness (QED) is 0.276. The Morgan fingerprint density at radius 2 is 1.90 bits per heavy atom. The van der Waals surface area contributed by atoms with E-state index >= 15 is 0 Å². The van der Waals surface area contributed by atoms with Crippen molar-refractivity contribution in [2.75, 3.05) is 13.2 Å². The van der Waals surface area contributed by atoms with Crippen molar-refractivity contribution < 1.29 is 18.7 Å². The fourth-order valence-electron chi connectivity index (χ4n) is 2.92. The summed E-state index contributed by atoms with van der Waals surface area (Å²) in [5, 5.41) is 0. The van der Waals surface area contributed by atoms with Crippen LogP contribution >= 0.6 is 0 Å². The largest absolute Gasteiger partial charge is 0.493 e. The maximum atomic E-state index is 12.9. The molecule has 158 valence electrons. The van der Waals surface area contributed by atoms with Crippen LogP contribution in [0.25, 0.3) is 0 Å². The van der Waals surface area contributed by atoms with E-state index in [1.165, 1.54) is 12.1 Å². The highest BCUT2D eigenvalue weighted by atomic mass is 19.1. The molecule has 0 saturated carbocycles. The van der Waals surface area contributed by atoms with E-state index in [4.69, 9.17) is 9.47 Å². The van der Waals surface area contributed by atoms with E-state index in [2.05, 4.69) is 32.6 Å². The van der Waals surface area contributed by atoms with Crippen molar-refractivity contribution in [1.29, 1.82) is 0 Å². The molecule has 0 bridgehead atoms. The van der Waals surface area contributed by atoms with Crippen LogP contribution in [0.2, 0.25) is 0 Å². The summed E-state index contributed by atoms with van der Waals surface area (Å²) in [7, 11) is 0. The highest BCUT2D eigenvalue weighted by Gasteiger charge is 2.24. The molecule has 0 aliphatic rings. The summed E-state index contributed by atoms with van der Waals surface area (Å²) >= 11 is 0. The molecule has 4 heteroatoms. The molecule has 0 radical (unpaired) electrons. The lowest BCUT2D eigenvalue weighted by atomic mass is 9.81. The molecule has 0 aliphatic carbocycles. The minimum Gasteiger partial charge on any atom is -0.493 e. The highest BCUT2D eigenvalue weighted by Crippen LogP contribution is 2.29. The topological polar surface area (TPSA) is 35.5 Å². The number of esters is 1. The summed E-state index contributed by atoms with van der Waals surface area (Å²) in [6, 6.07) is 6.01. The van der Waals surface area contributed by atoms with Gasteiger partial charge in [0.05, 0.1) is 19.6 Å². The fraction of sp³-hybridized carbons (Fsp3) is 0.480. The molecule has 0 fully saturated rings. The third-order valence-electron chi connectivity index (χ3n) is 4.17. The summed E-state index contributed by atoms with van der Waals surface area (Å²) < 4.78 is 23.5. The Morgan fingerprint density at radius 3 is 2.55 bits per heavy atom.